The van der Waals surface area contributed by atoms with Gasteiger partial charge in [0.15, 0.2) is 0 Å². The van der Waals surface area contributed by atoms with Crippen molar-refractivity contribution in [2.75, 3.05) is 36.0 Å². The number of rotatable bonds is 7. The Morgan fingerprint density at radius 1 is 1.12 bits per heavy atom. The van der Waals surface area contributed by atoms with Crippen LogP contribution in [-0.4, -0.2) is 65.3 Å². The molecule has 3 N–H and O–H groups in total. The number of carboxylic acids is 2. The molecule has 3 heterocycles. The van der Waals surface area contributed by atoms with Gasteiger partial charge in [0, 0.05) is 12.6 Å². The van der Waals surface area contributed by atoms with Gasteiger partial charge in [0.25, 0.3) is 0 Å². The highest BCUT2D eigenvalue weighted by molar-refractivity contribution is 5.88. The molecule has 1 saturated heterocycles. The van der Waals surface area contributed by atoms with Crippen molar-refractivity contribution in [1.82, 2.24) is 10.2 Å². The Hall–Kier alpha value is -3.00. The fourth-order valence-corrected chi connectivity index (χ4v) is 5.18. The van der Waals surface area contributed by atoms with E-state index < -0.39 is 11.9 Å². The first kappa shape index (κ1) is 22.2. The SMILES string of the molecule is CCCC1CC(N2/C(=C3\CCCN(CC(=O)O)C3)N(CC(=O)O)c3ccccc32)C=CN1. The number of piperidine rings is 1. The topological polar surface area (TPSA) is 96.4 Å². The number of carboxylic acid groups (broad SMARTS) is 2. The third-order valence-electron chi connectivity index (χ3n) is 6.40. The lowest BCUT2D eigenvalue weighted by Crippen LogP contribution is -2.45. The van der Waals surface area contributed by atoms with Crippen LogP contribution in [0.3, 0.4) is 0 Å². The summed E-state index contributed by atoms with van der Waals surface area (Å²) >= 11 is 0. The first-order chi connectivity index (χ1) is 15.5. The summed E-state index contributed by atoms with van der Waals surface area (Å²) in [7, 11) is 0. The van der Waals surface area contributed by atoms with Crippen molar-refractivity contribution in [3.63, 3.8) is 0 Å². The quantitative estimate of drug-likeness (QED) is 0.596. The van der Waals surface area contributed by atoms with Crippen LogP contribution in [0.25, 0.3) is 0 Å². The second-order valence-electron chi connectivity index (χ2n) is 8.79. The standard InChI is InChI=1S/C24H32N4O4/c1-2-6-18-13-19(10-11-25-18)28-21-9-4-3-8-20(21)27(16-23(31)32)24(28)17-7-5-12-26(14-17)15-22(29)30/h3-4,8-11,18-19,25H,2,5-7,12-16H2,1H3,(H,29,30)(H,31,32)/b24-17+. The Bertz CT molecular complexity index is 928. The Morgan fingerprint density at radius 3 is 2.59 bits per heavy atom. The summed E-state index contributed by atoms with van der Waals surface area (Å²) in [6, 6.07) is 8.44. The van der Waals surface area contributed by atoms with Gasteiger partial charge in [0.2, 0.25) is 0 Å². The molecule has 4 rings (SSSR count). The molecular formula is C24H32N4O4. The number of anilines is 2. The zero-order chi connectivity index (χ0) is 22.7. The zero-order valence-corrected chi connectivity index (χ0v) is 18.5. The van der Waals surface area contributed by atoms with Gasteiger partial charge in [-0.3, -0.25) is 14.5 Å². The average molecular weight is 441 g/mol. The van der Waals surface area contributed by atoms with Gasteiger partial charge in [-0.1, -0.05) is 25.5 Å². The first-order valence-corrected chi connectivity index (χ1v) is 11.4. The van der Waals surface area contributed by atoms with Crippen LogP contribution in [0.2, 0.25) is 0 Å². The van der Waals surface area contributed by atoms with Gasteiger partial charge >= 0.3 is 11.9 Å². The van der Waals surface area contributed by atoms with Crippen molar-refractivity contribution < 1.29 is 19.8 Å². The second-order valence-corrected chi connectivity index (χ2v) is 8.79. The summed E-state index contributed by atoms with van der Waals surface area (Å²) < 4.78 is 0. The number of nitrogens with zero attached hydrogens (tertiary/aromatic N) is 3. The average Bonchev–Trinajstić information content (AvgIpc) is 3.08. The van der Waals surface area contributed by atoms with E-state index in [0.29, 0.717) is 12.6 Å². The minimum Gasteiger partial charge on any atom is -0.480 e. The zero-order valence-electron chi connectivity index (χ0n) is 18.5. The summed E-state index contributed by atoms with van der Waals surface area (Å²) in [5.41, 5.74) is 3.01. The maximum Gasteiger partial charge on any atom is 0.323 e. The number of nitrogens with one attached hydrogen (secondary N) is 1. The highest BCUT2D eigenvalue weighted by Crippen LogP contribution is 2.46. The Balaban J connectivity index is 1.77. The van der Waals surface area contributed by atoms with Crippen LogP contribution in [0.4, 0.5) is 11.4 Å². The fraction of sp³-hybridized carbons (Fsp3) is 0.500. The molecule has 2 unspecified atom stereocenters. The molecular weight excluding hydrogens is 408 g/mol. The molecule has 172 valence electrons. The van der Waals surface area contributed by atoms with E-state index >= 15 is 0 Å². The largest absolute Gasteiger partial charge is 0.480 e. The van der Waals surface area contributed by atoms with E-state index in [1.165, 1.54) is 0 Å². The van der Waals surface area contributed by atoms with E-state index in [4.69, 9.17) is 0 Å². The maximum atomic E-state index is 11.8. The van der Waals surface area contributed by atoms with Crippen molar-refractivity contribution in [2.24, 2.45) is 0 Å². The Kier molecular flexibility index (Phi) is 6.69. The van der Waals surface area contributed by atoms with Crippen molar-refractivity contribution in [2.45, 2.75) is 51.1 Å². The normalized spacial score (nSPS) is 25.5. The van der Waals surface area contributed by atoms with Gasteiger partial charge < -0.3 is 25.3 Å². The molecule has 0 spiro atoms. The number of fused-ring (bicyclic) bond motifs is 1. The number of carbonyl (C=O) groups is 2. The summed E-state index contributed by atoms with van der Waals surface area (Å²) in [5, 5.41) is 22.5. The van der Waals surface area contributed by atoms with Gasteiger partial charge in [0.1, 0.15) is 12.4 Å². The van der Waals surface area contributed by atoms with Crippen LogP contribution >= 0.6 is 0 Å². The molecule has 2 atom stereocenters. The fourth-order valence-electron chi connectivity index (χ4n) is 5.18. The molecule has 0 aliphatic carbocycles. The van der Waals surface area contributed by atoms with E-state index in [1.54, 1.807) is 0 Å². The van der Waals surface area contributed by atoms with Crippen LogP contribution in [-0.2, 0) is 9.59 Å². The molecule has 1 fully saturated rings. The van der Waals surface area contributed by atoms with Crippen LogP contribution in [0.5, 0.6) is 0 Å². The minimum atomic E-state index is -0.886. The number of likely N-dealkylation sites (tertiary alicyclic amines) is 1. The third-order valence-corrected chi connectivity index (χ3v) is 6.40. The van der Waals surface area contributed by atoms with E-state index in [0.717, 1.165) is 61.4 Å². The van der Waals surface area contributed by atoms with Crippen LogP contribution in [0, 0.1) is 0 Å². The highest BCUT2D eigenvalue weighted by atomic mass is 16.4. The van der Waals surface area contributed by atoms with Crippen molar-refractivity contribution in [3.8, 4) is 0 Å². The van der Waals surface area contributed by atoms with Gasteiger partial charge in [0.05, 0.1) is 24.0 Å². The van der Waals surface area contributed by atoms with E-state index in [9.17, 15) is 19.8 Å². The first-order valence-electron chi connectivity index (χ1n) is 11.4. The van der Waals surface area contributed by atoms with E-state index in [-0.39, 0.29) is 19.1 Å². The van der Waals surface area contributed by atoms with Crippen molar-refractivity contribution >= 4 is 23.3 Å². The summed E-state index contributed by atoms with van der Waals surface area (Å²) in [6.07, 6.45) is 8.97. The van der Waals surface area contributed by atoms with Crippen LogP contribution < -0.4 is 15.1 Å². The molecule has 8 heteroatoms. The smallest absolute Gasteiger partial charge is 0.323 e. The predicted molar refractivity (Wildman–Crippen MR) is 124 cm³/mol. The number of aliphatic carboxylic acids is 2. The third kappa shape index (κ3) is 4.60. The Morgan fingerprint density at radius 2 is 1.88 bits per heavy atom. The summed E-state index contributed by atoms with van der Waals surface area (Å²) in [6.45, 7) is 3.32. The lowest BCUT2D eigenvalue weighted by Gasteiger charge is -2.38. The molecule has 0 radical (unpaired) electrons. The molecule has 8 nitrogen and oxygen atoms in total. The number of benzene rings is 1. The molecule has 3 aliphatic rings. The summed E-state index contributed by atoms with van der Waals surface area (Å²) in [5.74, 6) is -0.813. The van der Waals surface area contributed by atoms with Gasteiger partial charge in [-0.15, -0.1) is 0 Å². The summed E-state index contributed by atoms with van der Waals surface area (Å²) in [4.78, 5) is 29.3. The molecule has 3 aliphatic heterocycles. The Labute approximate surface area is 188 Å². The van der Waals surface area contributed by atoms with Crippen molar-refractivity contribution in [3.05, 3.63) is 47.9 Å². The molecule has 1 aromatic rings. The number of para-hydroxylation sites is 2. The second kappa shape index (κ2) is 9.65. The predicted octanol–water partition coefficient (Wildman–Crippen LogP) is 2.83. The van der Waals surface area contributed by atoms with E-state index in [2.05, 4.69) is 29.3 Å². The highest BCUT2D eigenvalue weighted by Gasteiger charge is 2.39. The molecule has 0 amide bonds. The maximum absolute atomic E-state index is 11.8. The lowest BCUT2D eigenvalue weighted by atomic mass is 9.97. The van der Waals surface area contributed by atoms with Crippen LogP contribution in [0.1, 0.15) is 39.0 Å². The molecule has 0 saturated carbocycles. The number of hydrogen-bond acceptors (Lipinski definition) is 6. The van der Waals surface area contributed by atoms with E-state index in [1.807, 2.05) is 34.2 Å². The molecule has 0 aromatic heterocycles. The van der Waals surface area contributed by atoms with Crippen molar-refractivity contribution in [1.29, 1.82) is 0 Å². The number of hydrogen-bond donors (Lipinski definition) is 3. The monoisotopic (exact) mass is 440 g/mol. The van der Waals surface area contributed by atoms with Crippen LogP contribution in [0.15, 0.2) is 47.9 Å². The minimum absolute atomic E-state index is 0.00547. The van der Waals surface area contributed by atoms with Gasteiger partial charge in [-0.05, 0) is 62.2 Å². The van der Waals surface area contributed by atoms with Gasteiger partial charge in [-0.25, -0.2) is 0 Å². The molecule has 32 heavy (non-hydrogen) atoms. The molecule has 0 bridgehead atoms. The lowest BCUT2D eigenvalue weighted by molar-refractivity contribution is -0.138. The molecule has 1 aromatic carbocycles. The van der Waals surface area contributed by atoms with Gasteiger partial charge in [-0.2, -0.15) is 0 Å².